The highest BCUT2D eigenvalue weighted by Gasteiger charge is 2.08. The van der Waals surface area contributed by atoms with Gasteiger partial charge < -0.3 is 10.1 Å². The number of hydrogen-bond donors (Lipinski definition) is 1. The molecule has 1 atom stereocenters. The van der Waals surface area contributed by atoms with Gasteiger partial charge in [0.15, 0.2) is 0 Å². The molecule has 0 radical (unpaired) electrons. The molecule has 0 saturated heterocycles. The smallest absolute Gasteiger partial charge is 0.0587 e. The van der Waals surface area contributed by atoms with Crippen LogP contribution in [0.25, 0.3) is 0 Å². The van der Waals surface area contributed by atoms with E-state index in [0.717, 1.165) is 25.6 Å². The summed E-state index contributed by atoms with van der Waals surface area (Å²) in [5, 5.41) is 3.48. The van der Waals surface area contributed by atoms with Crippen LogP contribution in [0.1, 0.15) is 30.9 Å². The first-order valence-corrected chi connectivity index (χ1v) is 7.01. The fourth-order valence-electron chi connectivity index (χ4n) is 2.34. The average Bonchev–Trinajstić information content (AvgIpc) is 2.35. The maximum atomic E-state index is 5.06. The lowest BCUT2D eigenvalue weighted by molar-refractivity contribution is 0.197. The lowest BCUT2D eigenvalue weighted by Gasteiger charge is -2.17. The molecule has 0 aliphatic carbocycles. The number of benzene rings is 1. The minimum Gasteiger partial charge on any atom is -0.383 e. The fourth-order valence-corrected chi connectivity index (χ4v) is 2.34. The third-order valence-electron chi connectivity index (χ3n) is 3.22. The van der Waals surface area contributed by atoms with Gasteiger partial charge in [-0.25, -0.2) is 0 Å². The summed E-state index contributed by atoms with van der Waals surface area (Å²) < 4.78 is 5.06. The molecule has 18 heavy (non-hydrogen) atoms. The zero-order chi connectivity index (χ0) is 13.2. The van der Waals surface area contributed by atoms with Gasteiger partial charge in [-0.3, -0.25) is 0 Å². The molecule has 0 spiro atoms. The van der Waals surface area contributed by atoms with E-state index in [1.54, 1.807) is 7.11 Å². The zero-order valence-electron chi connectivity index (χ0n) is 12.0. The molecular formula is C16H27NO. The average molecular weight is 249 g/mol. The summed E-state index contributed by atoms with van der Waals surface area (Å²) in [6.07, 6.45) is 3.71. The van der Waals surface area contributed by atoms with Gasteiger partial charge in [0.2, 0.25) is 0 Å². The van der Waals surface area contributed by atoms with Crippen molar-refractivity contribution in [1.82, 2.24) is 5.32 Å². The predicted octanol–water partition coefficient (Wildman–Crippen LogP) is 3.19. The van der Waals surface area contributed by atoms with Crippen LogP contribution in [0, 0.1) is 12.8 Å². The maximum Gasteiger partial charge on any atom is 0.0587 e. The molecule has 1 aromatic carbocycles. The second kappa shape index (κ2) is 9.12. The van der Waals surface area contributed by atoms with Crippen LogP contribution in [0.3, 0.4) is 0 Å². The molecule has 2 heteroatoms. The molecule has 1 N–H and O–H groups in total. The van der Waals surface area contributed by atoms with Gasteiger partial charge in [-0.2, -0.15) is 0 Å². The number of ether oxygens (including phenoxy) is 1. The Morgan fingerprint density at radius 1 is 1.33 bits per heavy atom. The molecule has 102 valence electrons. The molecule has 1 unspecified atom stereocenters. The molecule has 0 saturated carbocycles. The Kier molecular flexibility index (Phi) is 7.70. The summed E-state index contributed by atoms with van der Waals surface area (Å²) in [5.74, 6) is 0.730. The Morgan fingerprint density at radius 2 is 2.17 bits per heavy atom. The van der Waals surface area contributed by atoms with E-state index in [0.29, 0.717) is 0 Å². The Balaban J connectivity index is 2.41. The first kappa shape index (κ1) is 15.2. The number of hydrogen-bond acceptors (Lipinski definition) is 2. The van der Waals surface area contributed by atoms with Crippen LogP contribution in [0.4, 0.5) is 0 Å². The number of nitrogens with one attached hydrogen (secondary N) is 1. The van der Waals surface area contributed by atoms with Crippen molar-refractivity contribution in [3.63, 3.8) is 0 Å². The molecule has 0 amide bonds. The number of rotatable bonds is 9. The molecule has 1 aromatic rings. The molecule has 0 aliphatic heterocycles. The SMILES string of the molecule is CCCC(CNCCOC)Cc1cccc(C)c1. The van der Waals surface area contributed by atoms with E-state index >= 15 is 0 Å². The molecule has 0 aliphatic rings. The minimum atomic E-state index is 0.730. The van der Waals surface area contributed by atoms with Crippen LogP contribution in [-0.4, -0.2) is 26.8 Å². The van der Waals surface area contributed by atoms with Crippen LogP contribution < -0.4 is 5.32 Å². The third kappa shape index (κ3) is 6.18. The van der Waals surface area contributed by atoms with Gasteiger partial charge in [0.1, 0.15) is 0 Å². The second-order valence-corrected chi connectivity index (χ2v) is 5.04. The van der Waals surface area contributed by atoms with Crippen LogP contribution in [-0.2, 0) is 11.2 Å². The van der Waals surface area contributed by atoms with Crippen LogP contribution in [0.2, 0.25) is 0 Å². The second-order valence-electron chi connectivity index (χ2n) is 5.04. The van der Waals surface area contributed by atoms with E-state index in [1.165, 1.54) is 30.4 Å². The van der Waals surface area contributed by atoms with Gasteiger partial charge in [0, 0.05) is 13.7 Å². The van der Waals surface area contributed by atoms with E-state index in [9.17, 15) is 0 Å². The molecule has 2 nitrogen and oxygen atoms in total. The molecule has 0 heterocycles. The summed E-state index contributed by atoms with van der Waals surface area (Å²) in [5.41, 5.74) is 2.82. The molecule has 1 rings (SSSR count). The third-order valence-corrected chi connectivity index (χ3v) is 3.22. The molecule has 0 aromatic heterocycles. The minimum absolute atomic E-state index is 0.730. The van der Waals surface area contributed by atoms with Crippen molar-refractivity contribution in [1.29, 1.82) is 0 Å². The Morgan fingerprint density at radius 3 is 2.83 bits per heavy atom. The summed E-state index contributed by atoms with van der Waals surface area (Å²) in [4.78, 5) is 0. The van der Waals surface area contributed by atoms with Crippen molar-refractivity contribution in [2.45, 2.75) is 33.1 Å². The highest BCUT2D eigenvalue weighted by Crippen LogP contribution is 2.14. The van der Waals surface area contributed by atoms with Gasteiger partial charge in [0.05, 0.1) is 6.61 Å². The first-order chi connectivity index (χ1) is 8.76. The van der Waals surface area contributed by atoms with Gasteiger partial charge >= 0.3 is 0 Å². The lowest BCUT2D eigenvalue weighted by atomic mass is 9.94. The van der Waals surface area contributed by atoms with Crippen molar-refractivity contribution in [3.8, 4) is 0 Å². The van der Waals surface area contributed by atoms with E-state index < -0.39 is 0 Å². The van der Waals surface area contributed by atoms with Gasteiger partial charge in [-0.1, -0.05) is 43.2 Å². The highest BCUT2D eigenvalue weighted by molar-refractivity contribution is 5.22. The summed E-state index contributed by atoms with van der Waals surface area (Å²) in [6.45, 7) is 7.26. The quantitative estimate of drug-likeness (QED) is 0.679. The maximum absolute atomic E-state index is 5.06. The molecule has 0 fully saturated rings. The first-order valence-electron chi connectivity index (χ1n) is 7.01. The summed E-state index contributed by atoms with van der Waals surface area (Å²) in [6, 6.07) is 8.86. The van der Waals surface area contributed by atoms with Crippen molar-refractivity contribution < 1.29 is 4.74 Å². The topological polar surface area (TPSA) is 21.3 Å². The van der Waals surface area contributed by atoms with E-state index in [2.05, 4.69) is 43.4 Å². The van der Waals surface area contributed by atoms with Crippen molar-refractivity contribution in [3.05, 3.63) is 35.4 Å². The monoisotopic (exact) mass is 249 g/mol. The zero-order valence-corrected chi connectivity index (χ0v) is 12.0. The normalized spacial score (nSPS) is 12.6. The van der Waals surface area contributed by atoms with Crippen molar-refractivity contribution in [2.24, 2.45) is 5.92 Å². The summed E-state index contributed by atoms with van der Waals surface area (Å²) >= 11 is 0. The molecule has 0 bridgehead atoms. The molecular weight excluding hydrogens is 222 g/mol. The van der Waals surface area contributed by atoms with E-state index in [-0.39, 0.29) is 0 Å². The Labute approximate surface area is 112 Å². The number of aryl methyl sites for hydroxylation is 1. The lowest BCUT2D eigenvalue weighted by Crippen LogP contribution is -2.27. The van der Waals surface area contributed by atoms with Gasteiger partial charge in [-0.15, -0.1) is 0 Å². The number of methoxy groups -OCH3 is 1. The Hall–Kier alpha value is -0.860. The Bertz CT molecular complexity index is 325. The van der Waals surface area contributed by atoms with Crippen LogP contribution >= 0.6 is 0 Å². The summed E-state index contributed by atoms with van der Waals surface area (Å²) in [7, 11) is 1.75. The van der Waals surface area contributed by atoms with Gasteiger partial charge in [0.25, 0.3) is 0 Å². The fraction of sp³-hybridized carbons (Fsp3) is 0.625. The largest absolute Gasteiger partial charge is 0.383 e. The van der Waals surface area contributed by atoms with Crippen LogP contribution in [0.15, 0.2) is 24.3 Å². The van der Waals surface area contributed by atoms with Gasteiger partial charge in [-0.05, 0) is 37.8 Å². The van der Waals surface area contributed by atoms with E-state index in [4.69, 9.17) is 4.74 Å². The van der Waals surface area contributed by atoms with Crippen molar-refractivity contribution in [2.75, 3.05) is 26.8 Å². The van der Waals surface area contributed by atoms with Crippen molar-refractivity contribution >= 4 is 0 Å². The van der Waals surface area contributed by atoms with E-state index in [1.807, 2.05) is 0 Å². The standard InChI is InChI=1S/C16H27NO/c1-4-6-16(13-17-9-10-18-3)12-15-8-5-7-14(2)11-15/h5,7-8,11,16-17H,4,6,9-10,12-13H2,1-3H3. The van der Waals surface area contributed by atoms with Crippen LogP contribution in [0.5, 0.6) is 0 Å². The highest BCUT2D eigenvalue weighted by atomic mass is 16.5. The predicted molar refractivity (Wildman–Crippen MR) is 78.0 cm³/mol.